The largest absolute Gasteiger partial charge is 0.461 e. The van der Waals surface area contributed by atoms with Gasteiger partial charge in [0.25, 0.3) is 0 Å². The average Bonchev–Trinajstić information content (AvgIpc) is 2.54. The number of hydrogen-bond donors (Lipinski definition) is 1. The molecule has 1 N–H and O–H groups in total. The molecule has 0 aliphatic carbocycles. The van der Waals surface area contributed by atoms with Crippen molar-refractivity contribution in [2.45, 2.75) is 31.6 Å². The van der Waals surface area contributed by atoms with E-state index in [9.17, 15) is 4.79 Å². The summed E-state index contributed by atoms with van der Waals surface area (Å²) in [6.45, 7) is 5.32. The van der Waals surface area contributed by atoms with E-state index in [-0.39, 0.29) is 24.2 Å². The van der Waals surface area contributed by atoms with Gasteiger partial charge in [0.2, 0.25) is 0 Å². The second-order valence-electron chi connectivity index (χ2n) is 4.70. The number of carbonyl (C=O) groups excluding carboxylic acids is 1. The molecule has 16 heavy (non-hydrogen) atoms. The van der Waals surface area contributed by atoms with Gasteiger partial charge in [0.1, 0.15) is 12.1 Å². The van der Waals surface area contributed by atoms with Crippen molar-refractivity contribution in [1.82, 2.24) is 10.2 Å². The number of nitrogens with one attached hydrogen (secondary N) is 1. The standard InChI is InChI=1S/C11H20N2O3/c1-8-5-10(11(14)16-8)12-6-9-7-13(2)3-4-15-9/h8-10,12H,3-7H2,1-2H3/t8-,9-,10-/m1/s1. The van der Waals surface area contributed by atoms with Gasteiger partial charge < -0.3 is 19.7 Å². The SMILES string of the molecule is C[C@@H]1C[C@@H](NC[C@@H]2CN(C)CCO2)C(=O)O1. The molecule has 0 amide bonds. The third-order valence-corrected chi connectivity index (χ3v) is 3.10. The van der Waals surface area contributed by atoms with Crippen LogP contribution in [0.1, 0.15) is 13.3 Å². The summed E-state index contributed by atoms with van der Waals surface area (Å²) >= 11 is 0. The molecule has 0 unspecified atom stereocenters. The van der Waals surface area contributed by atoms with E-state index in [0.29, 0.717) is 0 Å². The molecule has 2 rings (SSSR count). The molecule has 5 heteroatoms. The summed E-state index contributed by atoms with van der Waals surface area (Å²) in [7, 11) is 2.08. The molecule has 0 aromatic carbocycles. The van der Waals surface area contributed by atoms with Crippen LogP contribution < -0.4 is 5.32 Å². The Morgan fingerprint density at radius 2 is 2.38 bits per heavy atom. The van der Waals surface area contributed by atoms with Crippen LogP contribution in [-0.2, 0) is 14.3 Å². The molecule has 2 heterocycles. The molecule has 92 valence electrons. The van der Waals surface area contributed by atoms with E-state index < -0.39 is 0 Å². The highest BCUT2D eigenvalue weighted by atomic mass is 16.6. The van der Waals surface area contributed by atoms with Crippen LogP contribution in [0.4, 0.5) is 0 Å². The lowest BCUT2D eigenvalue weighted by atomic mass is 10.2. The number of nitrogens with zero attached hydrogens (tertiary/aromatic N) is 1. The summed E-state index contributed by atoms with van der Waals surface area (Å²) in [5, 5.41) is 3.23. The van der Waals surface area contributed by atoms with E-state index in [0.717, 1.165) is 32.7 Å². The summed E-state index contributed by atoms with van der Waals surface area (Å²) in [5.74, 6) is -0.128. The van der Waals surface area contributed by atoms with E-state index in [1.54, 1.807) is 0 Å². The maximum atomic E-state index is 11.4. The first-order valence-electron chi connectivity index (χ1n) is 5.89. The second kappa shape index (κ2) is 5.12. The van der Waals surface area contributed by atoms with Gasteiger partial charge in [-0.2, -0.15) is 0 Å². The molecule has 2 aliphatic rings. The molecular weight excluding hydrogens is 208 g/mol. The van der Waals surface area contributed by atoms with Gasteiger partial charge in [0, 0.05) is 26.1 Å². The van der Waals surface area contributed by atoms with Crippen molar-refractivity contribution in [2.24, 2.45) is 0 Å². The number of rotatable bonds is 3. The Balaban J connectivity index is 1.72. The number of carbonyl (C=O) groups is 1. The average molecular weight is 228 g/mol. The lowest BCUT2D eigenvalue weighted by Crippen LogP contribution is -2.47. The number of likely N-dealkylation sites (N-methyl/N-ethyl adjacent to an activating group) is 1. The maximum Gasteiger partial charge on any atom is 0.323 e. The van der Waals surface area contributed by atoms with Gasteiger partial charge in [-0.15, -0.1) is 0 Å². The molecule has 2 aliphatic heterocycles. The maximum absolute atomic E-state index is 11.4. The van der Waals surface area contributed by atoms with Crippen LogP contribution in [0, 0.1) is 0 Å². The molecule has 0 aromatic rings. The fraction of sp³-hybridized carbons (Fsp3) is 0.909. The number of cyclic esters (lactones) is 1. The van der Waals surface area contributed by atoms with Gasteiger partial charge in [-0.1, -0.05) is 0 Å². The summed E-state index contributed by atoms with van der Waals surface area (Å²) < 4.78 is 10.7. The lowest BCUT2D eigenvalue weighted by Gasteiger charge is -2.30. The summed E-state index contributed by atoms with van der Waals surface area (Å²) in [5.41, 5.74) is 0. The Morgan fingerprint density at radius 3 is 3.00 bits per heavy atom. The van der Waals surface area contributed by atoms with Gasteiger partial charge in [-0.05, 0) is 14.0 Å². The van der Waals surface area contributed by atoms with Crippen molar-refractivity contribution in [2.75, 3.05) is 33.3 Å². The first-order chi connectivity index (χ1) is 7.65. The molecular formula is C11H20N2O3. The van der Waals surface area contributed by atoms with Crippen LogP contribution in [0.2, 0.25) is 0 Å². The van der Waals surface area contributed by atoms with Crippen LogP contribution >= 0.6 is 0 Å². The third-order valence-electron chi connectivity index (χ3n) is 3.10. The molecule has 5 nitrogen and oxygen atoms in total. The fourth-order valence-electron chi connectivity index (χ4n) is 2.19. The summed E-state index contributed by atoms with van der Waals surface area (Å²) in [6.07, 6.45) is 0.990. The first-order valence-corrected chi connectivity index (χ1v) is 5.89. The Kier molecular flexibility index (Phi) is 3.78. The van der Waals surface area contributed by atoms with Crippen LogP contribution in [-0.4, -0.2) is 62.4 Å². The first kappa shape index (κ1) is 11.8. The Bertz CT molecular complexity index is 260. The number of ether oxygens (including phenoxy) is 2. The van der Waals surface area contributed by atoms with Crippen molar-refractivity contribution >= 4 is 5.97 Å². The number of esters is 1. The van der Waals surface area contributed by atoms with Crippen molar-refractivity contribution in [3.63, 3.8) is 0 Å². The van der Waals surface area contributed by atoms with Crippen molar-refractivity contribution in [3.05, 3.63) is 0 Å². The Morgan fingerprint density at radius 1 is 1.56 bits per heavy atom. The van der Waals surface area contributed by atoms with E-state index in [2.05, 4.69) is 17.3 Å². The molecule has 3 atom stereocenters. The lowest BCUT2D eigenvalue weighted by molar-refractivity contribution is -0.142. The Labute approximate surface area is 96.1 Å². The van der Waals surface area contributed by atoms with Gasteiger partial charge in [0.15, 0.2) is 0 Å². The van der Waals surface area contributed by atoms with Crippen LogP contribution in [0.25, 0.3) is 0 Å². The van der Waals surface area contributed by atoms with E-state index >= 15 is 0 Å². The molecule has 0 aromatic heterocycles. The highest BCUT2D eigenvalue weighted by molar-refractivity contribution is 5.77. The highest BCUT2D eigenvalue weighted by Gasteiger charge is 2.32. The second-order valence-corrected chi connectivity index (χ2v) is 4.70. The molecule has 2 saturated heterocycles. The van der Waals surface area contributed by atoms with Gasteiger partial charge in [-0.25, -0.2) is 0 Å². The van der Waals surface area contributed by atoms with Crippen LogP contribution in [0.3, 0.4) is 0 Å². The predicted molar refractivity (Wildman–Crippen MR) is 59.2 cm³/mol. The molecule has 0 saturated carbocycles. The Hall–Kier alpha value is -0.650. The minimum atomic E-state index is -0.147. The minimum Gasteiger partial charge on any atom is -0.461 e. The van der Waals surface area contributed by atoms with E-state index in [1.807, 2.05) is 6.92 Å². The van der Waals surface area contributed by atoms with E-state index in [4.69, 9.17) is 9.47 Å². The van der Waals surface area contributed by atoms with Crippen molar-refractivity contribution in [3.8, 4) is 0 Å². The minimum absolute atomic E-state index is 0.0416. The number of hydrogen-bond acceptors (Lipinski definition) is 5. The van der Waals surface area contributed by atoms with E-state index in [1.165, 1.54) is 0 Å². The molecule has 0 spiro atoms. The highest BCUT2D eigenvalue weighted by Crippen LogP contribution is 2.14. The number of morpholine rings is 1. The predicted octanol–water partition coefficient (Wildman–Crippen LogP) is -0.389. The smallest absolute Gasteiger partial charge is 0.323 e. The van der Waals surface area contributed by atoms with Crippen LogP contribution in [0.5, 0.6) is 0 Å². The zero-order valence-corrected chi connectivity index (χ0v) is 9.94. The third kappa shape index (κ3) is 2.93. The van der Waals surface area contributed by atoms with Crippen molar-refractivity contribution in [1.29, 1.82) is 0 Å². The fourth-order valence-corrected chi connectivity index (χ4v) is 2.19. The summed E-state index contributed by atoms with van der Waals surface area (Å²) in [6, 6.07) is -0.147. The zero-order chi connectivity index (χ0) is 11.5. The summed E-state index contributed by atoms with van der Waals surface area (Å²) in [4.78, 5) is 13.6. The van der Waals surface area contributed by atoms with Gasteiger partial charge in [-0.3, -0.25) is 4.79 Å². The monoisotopic (exact) mass is 228 g/mol. The normalized spacial score (nSPS) is 36.4. The topological polar surface area (TPSA) is 50.8 Å². The quantitative estimate of drug-likeness (QED) is 0.667. The van der Waals surface area contributed by atoms with Crippen LogP contribution in [0.15, 0.2) is 0 Å². The molecule has 0 bridgehead atoms. The van der Waals surface area contributed by atoms with Gasteiger partial charge >= 0.3 is 5.97 Å². The molecule has 0 radical (unpaired) electrons. The van der Waals surface area contributed by atoms with Gasteiger partial charge in [0.05, 0.1) is 12.7 Å². The zero-order valence-electron chi connectivity index (χ0n) is 9.94. The molecule has 2 fully saturated rings. The van der Waals surface area contributed by atoms with Crippen molar-refractivity contribution < 1.29 is 14.3 Å².